The lowest BCUT2D eigenvalue weighted by molar-refractivity contribution is -0.138. The van der Waals surface area contributed by atoms with Crippen LogP contribution < -0.4 is 5.32 Å². The van der Waals surface area contributed by atoms with Crippen molar-refractivity contribution in [3.63, 3.8) is 0 Å². The molecule has 4 heteroatoms. The third-order valence-corrected chi connectivity index (χ3v) is 1.99. The minimum absolute atomic E-state index is 0.00634. The largest absolute Gasteiger partial charge is 0.463 e. The lowest BCUT2D eigenvalue weighted by Gasteiger charge is -2.21. The fourth-order valence-electron chi connectivity index (χ4n) is 1.28. The first-order chi connectivity index (χ1) is 6.74. The van der Waals surface area contributed by atoms with Gasteiger partial charge in [0.05, 0.1) is 19.3 Å². The van der Waals surface area contributed by atoms with Crippen molar-refractivity contribution in [2.24, 2.45) is 0 Å². The van der Waals surface area contributed by atoms with Crippen LogP contribution in [0.3, 0.4) is 0 Å². The Kier molecular flexibility index (Phi) is 4.62. The molecule has 0 saturated carbocycles. The van der Waals surface area contributed by atoms with Crippen molar-refractivity contribution in [1.82, 2.24) is 5.32 Å². The van der Waals surface area contributed by atoms with Crippen LogP contribution in [0.5, 0.6) is 0 Å². The van der Waals surface area contributed by atoms with E-state index >= 15 is 0 Å². The van der Waals surface area contributed by atoms with E-state index in [1.54, 1.807) is 13.8 Å². The van der Waals surface area contributed by atoms with Crippen LogP contribution in [-0.2, 0) is 14.3 Å². The van der Waals surface area contributed by atoms with Gasteiger partial charge in [0, 0.05) is 18.7 Å². The van der Waals surface area contributed by atoms with Crippen LogP contribution in [0.15, 0.2) is 11.6 Å². The zero-order chi connectivity index (χ0) is 10.4. The number of rotatable bonds is 3. The van der Waals surface area contributed by atoms with Gasteiger partial charge in [-0.05, 0) is 19.9 Å². The third kappa shape index (κ3) is 3.47. The number of hydrogen-bond donors (Lipinski definition) is 1. The van der Waals surface area contributed by atoms with Crippen molar-refractivity contribution in [1.29, 1.82) is 0 Å². The summed E-state index contributed by atoms with van der Waals surface area (Å²) in [4.78, 5) is 11.3. The van der Waals surface area contributed by atoms with Crippen molar-refractivity contribution in [3.8, 4) is 0 Å². The number of carbonyl (C=O) groups is 1. The van der Waals surface area contributed by atoms with Crippen LogP contribution in [0.1, 0.15) is 13.8 Å². The average Bonchev–Trinajstić information content (AvgIpc) is 2.19. The topological polar surface area (TPSA) is 47.6 Å². The molecule has 0 aromatic carbocycles. The standard InChI is InChI=1S/C10H17NO3/c1-3-13-10(12)8(2)6-9-7-11-4-5-14-9/h6,9,11H,3-5,7H2,1-2H3/b8-6+. The molecule has 0 aromatic rings. The molecule has 0 radical (unpaired) electrons. The summed E-state index contributed by atoms with van der Waals surface area (Å²) in [6, 6.07) is 0. The Morgan fingerprint density at radius 1 is 1.71 bits per heavy atom. The number of hydrogen-bond acceptors (Lipinski definition) is 4. The maximum absolute atomic E-state index is 11.3. The molecule has 1 unspecified atom stereocenters. The highest BCUT2D eigenvalue weighted by atomic mass is 16.5. The molecular formula is C10H17NO3. The van der Waals surface area contributed by atoms with E-state index in [0.717, 1.165) is 13.1 Å². The van der Waals surface area contributed by atoms with Gasteiger partial charge in [0.1, 0.15) is 0 Å². The Morgan fingerprint density at radius 2 is 2.50 bits per heavy atom. The van der Waals surface area contributed by atoms with E-state index in [1.165, 1.54) is 0 Å². The quantitative estimate of drug-likeness (QED) is 0.530. The molecule has 14 heavy (non-hydrogen) atoms. The van der Waals surface area contributed by atoms with Crippen molar-refractivity contribution in [2.45, 2.75) is 20.0 Å². The summed E-state index contributed by atoms with van der Waals surface area (Å²) < 4.78 is 10.3. The van der Waals surface area contributed by atoms with E-state index in [-0.39, 0.29) is 12.1 Å². The summed E-state index contributed by atoms with van der Waals surface area (Å²) in [6.07, 6.45) is 1.80. The van der Waals surface area contributed by atoms with Gasteiger partial charge in [-0.3, -0.25) is 0 Å². The van der Waals surface area contributed by atoms with E-state index in [2.05, 4.69) is 5.32 Å². The smallest absolute Gasteiger partial charge is 0.333 e. The Morgan fingerprint density at radius 3 is 3.07 bits per heavy atom. The maximum Gasteiger partial charge on any atom is 0.333 e. The predicted octanol–water partition coefficient (Wildman–Crippen LogP) is 0.484. The molecule has 4 nitrogen and oxygen atoms in total. The first-order valence-corrected chi connectivity index (χ1v) is 4.92. The molecule has 0 bridgehead atoms. The monoisotopic (exact) mass is 199 g/mol. The van der Waals surface area contributed by atoms with Gasteiger partial charge >= 0.3 is 5.97 Å². The second-order valence-electron chi connectivity index (χ2n) is 3.18. The van der Waals surface area contributed by atoms with Gasteiger partial charge in [0.15, 0.2) is 0 Å². The van der Waals surface area contributed by atoms with Crippen molar-refractivity contribution < 1.29 is 14.3 Å². The van der Waals surface area contributed by atoms with Crippen LogP contribution in [-0.4, -0.2) is 38.4 Å². The Hall–Kier alpha value is -0.870. The van der Waals surface area contributed by atoms with Crippen LogP contribution in [0.2, 0.25) is 0 Å². The van der Waals surface area contributed by atoms with Gasteiger partial charge in [-0.25, -0.2) is 4.79 Å². The first kappa shape index (κ1) is 11.2. The Bertz CT molecular complexity index is 219. The second-order valence-corrected chi connectivity index (χ2v) is 3.18. The number of esters is 1. The highest BCUT2D eigenvalue weighted by Gasteiger charge is 2.13. The van der Waals surface area contributed by atoms with E-state index < -0.39 is 0 Å². The first-order valence-electron chi connectivity index (χ1n) is 4.92. The molecule has 1 rings (SSSR count). The Balaban J connectivity index is 2.44. The lowest BCUT2D eigenvalue weighted by atomic mass is 10.2. The molecule has 0 aromatic heterocycles. The molecule has 1 heterocycles. The average molecular weight is 199 g/mol. The van der Waals surface area contributed by atoms with E-state index in [4.69, 9.17) is 9.47 Å². The van der Waals surface area contributed by atoms with Crippen molar-refractivity contribution in [3.05, 3.63) is 11.6 Å². The summed E-state index contributed by atoms with van der Waals surface area (Å²) in [7, 11) is 0. The molecule has 1 fully saturated rings. The van der Waals surface area contributed by atoms with Gasteiger partial charge in [-0.1, -0.05) is 0 Å². The van der Waals surface area contributed by atoms with Crippen molar-refractivity contribution >= 4 is 5.97 Å². The second kappa shape index (κ2) is 5.78. The van der Waals surface area contributed by atoms with Gasteiger partial charge < -0.3 is 14.8 Å². The number of ether oxygens (including phenoxy) is 2. The molecule has 1 atom stereocenters. The van der Waals surface area contributed by atoms with Crippen molar-refractivity contribution in [2.75, 3.05) is 26.3 Å². The minimum Gasteiger partial charge on any atom is -0.463 e. The molecule has 0 spiro atoms. The fourth-order valence-corrected chi connectivity index (χ4v) is 1.28. The van der Waals surface area contributed by atoms with E-state index in [9.17, 15) is 4.79 Å². The van der Waals surface area contributed by atoms with Gasteiger partial charge in [0.25, 0.3) is 0 Å². The molecule has 1 N–H and O–H groups in total. The molecule has 1 saturated heterocycles. The zero-order valence-electron chi connectivity index (χ0n) is 8.71. The molecule has 1 aliphatic rings. The van der Waals surface area contributed by atoms with Crippen LogP contribution >= 0.6 is 0 Å². The molecule has 1 aliphatic heterocycles. The molecule has 0 aliphatic carbocycles. The minimum atomic E-state index is -0.262. The summed E-state index contributed by atoms with van der Waals surface area (Å²) in [6.45, 7) is 6.28. The maximum atomic E-state index is 11.3. The molecular weight excluding hydrogens is 182 g/mol. The summed E-state index contributed by atoms with van der Waals surface area (Å²) in [5, 5.41) is 3.19. The number of carbonyl (C=O) groups excluding carboxylic acids is 1. The lowest BCUT2D eigenvalue weighted by Crippen LogP contribution is -2.37. The van der Waals surface area contributed by atoms with Crippen LogP contribution in [0.25, 0.3) is 0 Å². The number of nitrogens with one attached hydrogen (secondary N) is 1. The van der Waals surface area contributed by atoms with E-state index in [0.29, 0.717) is 18.8 Å². The summed E-state index contributed by atoms with van der Waals surface area (Å²) >= 11 is 0. The zero-order valence-corrected chi connectivity index (χ0v) is 8.71. The number of morpholine rings is 1. The van der Waals surface area contributed by atoms with Gasteiger partial charge in [-0.2, -0.15) is 0 Å². The normalized spacial score (nSPS) is 23.3. The summed E-state index contributed by atoms with van der Waals surface area (Å²) in [5.74, 6) is -0.262. The summed E-state index contributed by atoms with van der Waals surface area (Å²) in [5.41, 5.74) is 0.612. The van der Waals surface area contributed by atoms with Crippen LogP contribution in [0, 0.1) is 0 Å². The third-order valence-electron chi connectivity index (χ3n) is 1.99. The predicted molar refractivity (Wildman–Crippen MR) is 53.0 cm³/mol. The van der Waals surface area contributed by atoms with Gasteiger partial charge in [-0.15, -0.1) is 0 Å². The SMILES string of the molecule is CCOC(=O)/C(C)=C/C1CNCCO1. The van der Waals surface area contributed by atoms with Crippen LogP contribution in [0.4, 0.5) is 0 Å². The highest BCUT2D eigenvalue weighted by Crippen LogP contribution is 2.04. The molecule has 0 amide bonds. The van der Waals surface area contributed by atoms with E-state index in [1.807, 2.05) is 6.08 Å². The highest BCUT2D eigenvalue weighted by molar-refractivity contribution is 5.87. The fraction of sp³-hybridized carbons (Fsp3) is 0.700. The van der Waals surface area contributed by atoms with Gasteiger partial charge in [0.2, 0.25) is 0 Å². The Labute approximate surface area is 84.3 Å². The molecule has 80 valence electrons.